The van der Waals surface area contributed by atoms with Gasteiger partial charge in [0.2, 0.25) is 15.8 Å². The largest absolute Gasteiger partial charge is 0.456 e. The maximum absolute atomic E-state index is 12.8. The third-order valence-corrected chi connectivity index (χ3v) is 6.36. The van der Waals surface area contributed by atoms with Gasteiger partial charge >= 0.3 is 12.1 Å². The van der Waals surface area contributed by atoms with E-state index in [0.29, 0.717) is 0 Å². The van der Waals surface area contributed by atoms with Gasteiger partial charge in [-0.05, 0) is 45.9 Å². The Bertz CT molecular complexity index is 1120. The summed E-state index contributed by atoms with van der Waals surface area (Å²) in [6.07, 6.45) is -5.98. The van der Waals surface area contributed by atoms with Crippen LogP contribution in [-0.4, -0.2) is 54.8 Å². The summed E-state index contributed by atoms with van der Waals surface area (Å²) in [4.78, 5) is 24.7. The Morgan fingerprint density at radius 3 is 2.24 bits per heavy atom. The number of carbonyl (C=O) groups is 2. The van der Waals surface area contributed by atoms with Crippen molar-refractivity contribution in [3.05, 3.63) is 52.8 Å². The highest BCUT2D eigenvalue weighted by Gasteiger charge is 2.33. The molecule has 182 valence electrons. The number of benzene rings is 1. The van der Waals surface area contributed by atoms with Gasteiger partial charge in [-0.2, -0.15) is 17.9 Å². The smallest absolute Gasteiger partial charge is 0.406 e. The molecule has 1 aromatic carbocycles. The summed E-state index contributed by atoms with van der Waals surface area (Å²) in [6.45, 7) is 3.55. The molecule has 1 aromatic heterocycles. The summed E-state index contributed by atoms with van der Waals surface area (Å²) in [5.74, 6) is -1.98. The highest BCUT2D eigenvalue weighted by molar-refractivity contribution is 7.89. The van der Waals surface area contributed by atoms with Crippen molar-refractivity contribution in [1.29, 1.82) is 0 Å². The molecule has 12 heteroatoms. The van der Waals surface area contributed by atoms with Gasteiger partial charge in [0.25, 0.3) is 0 Å². The zero-order chi connectivity index (χ0) is 25.1. The van der Waals surface area contributed by atoms with E-state index in [9.17, 15) is 36.3 Å². The number of carbonyl (C=O) groups excluding carboxylic acids is 2. The molecule has 0 aliphatic carbocycles. The predicted octanol–water partition coefficient (Wildman–Crippen LogP) is 2.43. The average Bonchev–Trinajstić information content (AvgIpc) is 2.97. The van der Waals surface area contributed by atoms with Crippen LogP contribution in [0.1, 0.15) is 34.2 Å². The second kappa shape index (κ2) is 10.1. The lowest BCUT2D eigenvalue weighted by atomic mass is 10.1. The molecule has 0 bridgehead atoms. The van der Waals surface area contributed by atoms with Crippen LogP contribution in [0.2, 0.25) is 0 Å². The molecular weight excluding hydrogens is 465 g/mol. The summed E-state index contributed by atoms with van der Waals surface area (Å²) in [5.41, 5.74) is 1.01. The summed E-state index contributed by atoms with van der Waals surface area (Å²) >= 11 is 0. The van der Waals surface area contributed by atoms with E-state index in [1.54, 1.807) is 19.1 Å². The Kier molecular flexibility index (Phi) is 8.09. The first-order valence-electron chi connectivity index (χ1n) is 9.83. The number of aliphatic hydroxyl groups excluding tert-OH is 1. The van der Waals surface area contributed by atoms with Crippen LogP contribution in [0.3, 0.4) is 0 Å². The van der Waals surface area contributed by atoms with Crippen LogP contribution in [0.15, 0.2) is 35.2 Å². The second-order valence-corrected chi connectivity index (χ2v) is 9.38. The van der Waals surface area contributed by atoms with Gasteiger partial charge in [-0.15, -0.1) is 0 Å². The summed E-state index contributed by atoms with van der Waals surface area (Å²) in [7, 11) is -4.19. The molecule has 0 fully saturated rings. The molecule has 2 rings (SSSR count). The van der Waals surface area contributed by atoms with E-state index in [1.807, 2.05) is 4.72 Å². The number of alkyl halides is 3. The lowest BCUT2D eigenvalue weighted by Crippen LogP contribution is -2.48. The number of nitrogens with one attached hydrogen (secondary N) is 1. The van der Waals surface area contributed by atoms with E-state index in [-0.39, 0.29) is 21.8 Å². The molecular formula is C21H25F3N2O6S. The number of hydrogen-bond acceptors (Lipinski definition) is 6. The molecule has 0 saturated carbocycles. The second-order valence-electron chi connectivity index (χ2n) is 7.67. The molecule has 33 heavy (non-hydrogen) atoms. The highest BCUT2D eigenvalue weighted by Crippen LogP contribution is 2.23. The third kappa shape index (κ3) is 6.89. The third-order valence-electron chi connectivity index (χ3n) is 4.91. The highest BCUT2D eigenvalue weighted by atomic mass is 32.2. The lowest BCUT2D eigenvalue weighted by molar-refractivity contribution is -0.147. The van der Waals surface area contributed by atoms with Crippen molar-refractivity contribution >= 4 is 21.8 Å². The lowest BCUT2D eigenvalue weighted by Gasteiger charge is -2.20. The van der Waals surface area contributed by atoms with Crippen LogP contribution >= 0.6 is 0 Å². The number of ketones is 1. The van der Waals surface area contributed by atoms with Crippen LogP contribution in [0, 0.1) is 20.8 Å². The number of aromatic nitrogens is 1. The van der Waals surface area contributed by atoms with Crippen molar-refractivity contribution in [3.8, 4) is 0 Å². The van der Waals surface area contributed by atoms with E-state index in [2.05, 4.69) is 0 Å². The van der Waals surface area contributed by atoms with Gasteiger partial charge in [0.1, 0.15) is 12.6 Å². The number of halogens is 3. The molecule has 2 unspecified atom stereocenters. The molecule has 0 amide bonds. The maximum Gasteiger partial charge on any atom is 0.406 e. The minimum absolute atomic E-state index is 0.0537. The first-order chi connectivity index (χ1) is 15.1. The van der Waals surface area contributed by atoms with Gasteiger partial charge in [0, 0.05) is 17.0 Å². The van der Waals surface area contributed by atoms with Crippen molar-refractivity contribution in [1.82, 2.24) is 9.29 Å². The first kappa shape index (κ1) is 26.6. The monoisotopic (exact) mass is 490 g/mol. The fourth-order valence-electron chi connectivity index (χ4n) is 3.11. The van der Waals surface area contributed by atoms with Crippen LogP contribution in [0.25, 0.3) is 0 Å². The molecule has 0 aliphatic rings. The van der Waals surface area contributed by atoms with Crippen molar-refractivity contribution in [3.63, 3.8) is 0 Å². The fraction of sp³-hybridized carbons (Fsp3) is 0.429. The fourth-order valence-corrected chi connectivity index (χ4v) is 4.36. The summed E-state index contributed by atoms with van der Waals surface area (Å²) < 4.78 is 71.2. The number of aliphatic hydroxyl groups is 1. The van der Waals surface area contributed by atoms with Crippen LogP contribution in [0.5, 0.6) is 0 Å². The molecule has 0 spiro atoms. The Morgan fingerprint density at radius 1 is 1.15 bits per heavy atom. The number of aryl methyl sites for hydroxylation is 2. The van der Waals surface area contributed by atoms with Gasteiger partial charge in [0.15, 0.2) is 6.61 Å². The van der Waals surface area contributed by atoms with Crippen molar-refractivity contribution in [2.45, 2.75) is 57.5 Å². The van der Waals surface area contributed by atoms with Crippen LogP contribution in [-0.2, 0) is 26.1 Å². The van der Waals surface area contributed by atoms with E-state index in [0.717, 1.165) is 17.1 Å². The zero-order valence-electron chi connectivity index (χ0n) is 18.4. The van der Waals surface area contributed by atoms with Gasteiger partial charge < -0.3 is 14.4 Å². The molecule has 2 aromatic rings. The van der Waals surface area contributed by atoms with E-state index >= 15 is 0 Å². The van der Waals surface area contributed by atoms with Gasteiger partial charge in [0.05, 0.1) is 11.0 Å². The minimum atomic E-state index is -4.49. The SMILES string of the molecule is Cc1ccc(S(=O)(=O)NC(C(=O)OCC(=O)c2cc(C)n(CC(F)(F)F)c2C)C(C)O)cc1. The molecule has 0 aliphatic heterocycles. The zero-order valence-corrected chi connectivity index (χ0v) is 19.2. The quantitative estimate of drug-likeness (QED) is 0.412. The minimum Gasteiger partial charge on any atom is -0.456 e. The molecule has 2 atom stereocenters. The van der Waals surface area contributed by atoms with Crippen molar-refractivity contribution in [2.24, 2.45) is 0 Å². The van der Waals surface area contributed by atoms with Gasteiger partial charge in [-0.3, -0.25) is 9.59 Å². The normalized spacial score (nSPS) is 14.1. The topological polar surface area (TPSA) is 115 Å². The van der Waals surface area contributed by atoms with E-state index < -0.39 is 53.2 Å². The first-order valence-corrected chi connectivity index (χ1v) is 11.3. The van der Waals surface area contributed by atoms with Crippen molar-refractivity contribution in [2.75, 3.05) is 6.61 Å². The predicted molar refractivity (Wildman–Crippen MR) is 112 cm³/mol. The number of esters is 1. The molecule has 2 N–H and O–H groups in total. The Balaban J connectivity index is 2.12. The standard InChI is InChI=1S/C21H25F3N2O6S/c1-12-5-7-16(8-6-12)33(30,31)25-19(15(4)27)20(29)32-10-18(28)17-9-13(2)26(14(17)3)11-21(22,23)24/h5-9,15,19,25,27H,10-11H2,1-4H3. The maximum atomic E-state index is 12.8. The van der Waals surface area contributed by atoms with E-state index in [4.69, 9.17) is 4.74 Å². The van der Waals surface area contributed by atoms with E-state index in [1.165, 1.54) is 32.0 Å². The number of Topliss-reactive ketones (excluding diaryl/α,β-unsaturated/α-hetero) is 1. The van der Waals surface area contributed by atoms with Gasteiger partial charge in [-0.1, -0.05) is 17.7 Å². The molecule has 0 radical (unpaired) electrons. The summed E-state index contributed by atoms with van der Waals surface area (Å²) in [6, 6.07) is 5.30. The van der Waals surface area contributed by atoms with Crippen LogP contribution < -0.4 is 4.72 Å². The number of ether oxygens (including phenoxy) is 1. The molecule has 0 saturated heterocycles. The number of nitrogens with zero attached hydrogens (tertiary/aromatic N) is 1. The number of hydrogen-bond donors (Lipinski definition) is 2. The number of sulfonamides is 1. The Morgan fingerprint density at radius 2 is 1.73 bits per heavy atom. The molecule has 1 heterocycles. The van der Waals surface area contributed by atoms with Crippen LogP contribution in [0.4, 0.5) is 13.2 Å². The average molecular weight is 491 g/mol. The Hall–Kier alpha value is -2.70. The number of rotatable bonds is 9. The van der Waals surface area contributed by atoms with Gasteiger partial charge in [-0.25, -0.2) is 8.42 Å². The molecule has 8 nitrogen and oxygen atoms in total. The van der Waals surface area contributed by atoms with Crippen molar-refractivity contribution < 1.29 is 41.0 Å². The summed E-state index contributed by atoms with van der Waals surface area (Å²) in [5, 5.41) is 9.89. The Labute approximate surface area is 189 Å².